The van der Waals surface area contributed by atoms with Gasteiger partial charge in [-0.05, 0) is 45.2 Å². The lowest BCUT2D eigenvalue weighted by atomic mass is 10.2. The van der Waals surface area contributed by atoms with Crippen LogP contribution in [-0.2, 0) is 0 Å². The number of para-hydroxylation sites is 2. The summed E-state index contributed by atoms with van der Waals surface area (Å²) in [5.41, 5.74) is 5.51. The molecular formula is C16H21N3. The third-order valence-corrected chi connectivity index (χ3v) is 3.05. The maximum atomic E-state index is 3.50. The van der Waals surface area contributed by atoms with Crippen LogP contribution in [0.4, 0.5) is 11.4 Å². The van der Waals surface area contributed by atoms with Crippen LogP contribution in [0.5, 0.6) is 0 Å². The predicted molar refractivity (Wildman–Crippen MR) is 81.3 cm³/mol. The molecule has 0 heterocycles. The van der Waals surface area contributed by atoms with Crippen molar-refractivity contribution in [3.05, 3.63) is 60.7 Å². The van der Waals surface area contributed by atoms with E-state index in [2.05, 4.69) is 53.9 Å². The SMILES string of the molecule is CNC(C)(C)NN(c1ccccc1)c1ccccc1. The van der Waals surface area contributed by atoms with E-state index in [-0.39, 0.29) is 5.66 Å². The van der Waals surface area contributed by atoms with Gasteiger partial charge in [-0.15, -0.1) is 0 Å². The fourth-order valence-corrected chi connectivity index (χ4v) is 1.77. The van der Waals surface area contributed by atoms with Gasteiger partial charge in [-0.1, -0.05) is 36.4 Å². The van der Waals surface area contributed by atoms with Crippen molar-refractivity contribution in [2.45, 2.75) is 19.5 Å². The Morgan fingerprint density at radius 1 is 0.789 bits per heavy atom. The molecule has 2 aromatic rings. The highest BCUT2D eigenvalue weighted by atomic mass is 15.6. The number of anilines is 2. The second-order valence-corrected chi connectivity index (χ2v) is 4.99. The van der Waals surface area contributed by atoms with Gasteiger partial charge in [0.05, 0.1) is 17.0 Å². The lowest BCUT2D eigenvalue weighted by molar-refractivity contribution is 0.338. The van der Waals surface area contributed by atoms with E-state index in [0.29, 0.717) is 0 Å². The van der Waals surface area contributed by atoms with Crippen LogP contribution in [0.2, 0.25) is 0 Å². The molecule has 3 heteroatoms. The second-order valence-electron chi connectivity index (χ2n) is 4.99. The van der Waals surface area contributed by atoms with Crippen molar-refractivity contribution in [2.24, 2.45) is 0 Å². The Morgan fingerprint density at radius 3 is 1.58 bits per heavy atom. The molecule has 0 aromatic heterocycles. The van der Waals surface area contributed by atoms with Gasteiger partial charge in [0.2, 0.25) is 0 Å². The first kappa shape index (κ1) is 13.6. The van der Waals surface area contributed by atoms with Crippen molar-refractivity contribution >= 4 is 11.4 Å². The first-order chi connectivity index (χ1) is 9.12. The summed E-state index contributed by atoms with van der Waals surface area (Å²) in [5, 5.41) is 5.35. The average Bonchev–Trinajstić information content (AvgIpc) is 2.47. The highest BCUT2D eigenvalue weighted by molar-refractivity contribution is 5.61. The summed E-state index contributed by atoms with van der Waals surface area (Å²) in [4.78, 5) is 0. The Bertz CT molecular complexity index is 454. The Labute approximate surface area is 115 Å². The number of nitrogens with one attached hydrogen (secondary N) is 2. The molecule has 0 saturated heterocycles. The number of rotatable bonds is 5. The quantitative estimate of drug-likeness (QED) is 0.634. The molecule has 0 bridgehead atoms. The minimum Gasteiger partial charge on any atom is -0.302 e. The smallest absolute Gasteiger partial charge is 0.0808 e. The molecule has 2 aromatic carbocycles. The van der Waals surface area contributed by atoms with E-state index in [0.717, 1.165) is 11.4 Å². The third kappa shape index (κ3) is 3.56. The maximum absolute atomic E-state index is 3.50. The van der Waals surface area contributed by atoms with Crippen molar-refractivity contribution in [2.75, 3.05) is 12.1 Å². The molecule has 0 saturated carbocycles. The van der Waals surface area contributed by atoms with E-state index in [1.165, 1.54) is 0 Å². The maximum Gasteiger partial charge on any atom is 0.0808 e. The van der Waals surface area contributed by atoms with E-state index >= 15 is 0 Å². The van der Waals surface area contributed by atoms with Crippen molar-refractivity contribution in [1.82, 2.24) is 10.7 Å². The molecule has 100 valence electrons. The van der Waals surface area contributed by atoms with E-state index in [1.54, 1.807) is 0 Å². The molecule has 2 N–H and O–H groups in total. The predicted octanol–water partition coefficient (Wildman–Crippen LogP) is 3.28. The second kappa shape index (κ2) is 5.87. The van der Waals surface area contributed by atoms with Crippen LogP contribution in [-0.4, -0.2) is 12.7 Å². The van der Waals surface area contributed by atoms with Gasteiger partial charge in [0.25, 0.3) is 0 Å². The van der Waals surface area contributed by atoms with Gasteiger partial charge < -0.3 is 5.32 Å². The summed E-state index contributed by atoms with van der Waals surface area (Å²) in [6.45, 7) is 4.21. The Morgan fingerprint density at radius 2 is 1.21 bits per heavy atom. The summed E-state index contributed by atoms with van der Waals surface area (Å²) in [6, 6.07) is 20.6. The van der Waals surface area contributed by atoms with Gasteiger partial charge in [0, 0.05) is 0 Å². The molecule has 19 heavy (non-hydrogen) atoms. The van der Waals surface area contributed by atoms with Gasteiger partial charge in [-0.2, -0.15) is 0 Å². The molecule has 2 rings (SSSR count). The molecular weight excluding hydrogens is 234 g/mol. The van der Waals surface area contributed by atoms with Crippen molar-refractivity contribution in [1.29, 1.82) is 0 Å². The minimum atomic E-state index is -0.203. The molecule has 0 spiro atoms. The zero-order valence-electron chi connectivity index (χ0n) is 11.7. The number of nitrogens with zero attached hydrogens (tertiary/aromatic N) is 1. The number of hydrogen-bond acceptors (Lipinski definition) is 3. The van der Waals surface area contributed by atoms with Crippen molar-refractivity contribution < 1.29 is 0 Å². The summed E-state index contributed by atoms with van der Waals surface area (Å²) < 4.78 is 0. The van der Waals surface area contributed by atoms with Crippen LogP contribution in [0, 0.1) is 0 Å². The lowest BCUT2D eigenvalue weighted by Crippen LogP contribution is -2.56. The van der Waals surface area contributed by atoms with Crippen LogP contribution < -0.4 is 15.8 Å². The van der Waals surface area contributed by atoms with Crippen LogP contribution in [0.15, 0.2) is 60.7 Å². The van der Waals surface area contributed by atoms with Crippen LogP contribution in [0.25, 0.3) is 0 Å². The molecule has 0 radical (unpaired) electrons. The molecule has 0 aliphatic rings. The van der Waals surface area contributed by atoms with E-state index in [1.807, 2.05) is 43.4 Å². The zero-order valence-corrected chi connectivity index (χ0v) is 11.7. The van der Waals surface area contributed by atoms with Gasteiger partial charge in [-0.25, -0.2) is 5.43 Å². The third-order valence-electron chi connectivity index (χ3n) is 3.05. The molecule has 0 aliphatic carbocycles. The van der Waals surface area contributed by atoms with Gasteiger partial charge in [-0.3, -0.25) is 5.01 Å². The average molecular weight is 255 g/mol. The van der Waals surface area contributed by atoms with E-state index < -0.39 is 0 Å². The molecule has 0 amide bonds. The van der Waals surface area contributed by atoms with E-state index in [9.17, 15) is 0 Å². The standard InChI is InChI=1S/C16H21N3/c1-16(2,17-3)18-19(14-10-6-4-7-11-14)15-12-8-5-9-13-15/h4-13,17-18H,1-3H3. The van der Waals surface area contributed by atoms with Gasteiger partial charge in [0.15, 0.2) is 0 Å². The Hall–Kier alpha value is -1.84. The minimum absolute atomic E-state index is 0.203. The van der Waals surface area contributed by atoms with Crippen LogP contribution in [0.3, 0.4) is 0 Å². The molecule has 0 unspecified atom stereocenters. The Balaban J connectivity index is 2.35. The number of hydrazine groups is 1. The van der Waals surface area contributed by atoms with Gasteiger partial charge >= 0.3 is 0 Å². The fraction of sp³-hybridized carbons (Fsp3) is 0.250. The lowest BCUT2D eigenvalue weighted by Gasteiger charge is -2.35. The summed E-state index contributed by atoms with van der Waals surface area (Å²) in [6.07, 6.45) is 0. The zero-order chi connectivity index (χ0) is 13.7. The van der Waals surface area contributed by atoms with Crippen LogP contribution in [0.1, 0.15) is 13.8 Å². The fourth-order valence-electron chi connectivity index (χ4n) is 1.77. The molecule has 0 atom stereocenters. The summed E-state index contributed by atoms with van der Waals surface area (Å²) >= 11 is 0. The molecule has 0 aliphatic heterocycles. The highest BCUT2D eigenvalue weighted by Gasteiger charge is 2.19. The normalized spacial score (nSPS) is 11.3. The van der Waals surface area contributed by atoms with Crippen molar-refractivity contribution in [3.8, 4) is 0 Å². The number of benzene rings is 2. The van der Waals surface area contributed by atoms with Gasteiger partial charge in [0.1, 0.15) is 0 Å². The van der Waals surface area contributed by atoms with Crippen LogP contribution >= 0.6 is 0 Å². The first-order valence-electron chi connectivity index (χ1n) is 6.49. The summed E-state index contributed by atoms with van der Waals surface area (Å²) in [7, 11) is 1.95. The highest BCUT2D eigenvalue weighted by Crippen LogP contribution is 2.23. The van der Waals surface area contributed by atoms with E-state index in [4.69, 9.17) is 0 Å². The number of hydrogen-bond donors (Lipinski definition) is 2. The molecule has 0 fully saturated rings. The largest absolute Gasteiger partial charge is 0.302 e. The monoisotopic (exact) mass is 255 g/mol. The first-order valence-corrected chi connectivity index (χ1v) is 6.49. The summed E-state index contributed by atoms with van der Waals surface area (Å²) in [5.74, 6) is 0. The topological polar surface area (TPSA) is 27.3 Å². The molecule has 3 nitrogen and oxygen atoms in total. The van der Waals surface area contributed by atoms with Crippen molar-refractivity contribution in [3.63, 3.8) is 0 Å². The Kier molecular flexibility index (Phi) is 4.20.